The molecule has 0 aliphatic carbocycles. The Hall–Kier alpha value is -2.85. The average Bonchev–Trinajstić information content (AvgIpc) is 3.34. The first-order chi connectivity index (χ1) is 15.5. The molecule has 166 valence electrons. The van der Waals surface area contributed by atoms with Gasteiger partial charge in [-0.15, -0.1) is 11.3 Å². The Morgan fingerprint density at radius 3 is 2.34 bits per heavy atom. The van der Waals surface area contributed by atoms with Gasteiger partial charge < -0.3 is 9.47 Å². The molecule has 1 saturated heterocycles. The maximum absolute atomic E-state index is 12.7. The molecule has 7 nitrogen and oxygen atoms in total. The van der Waals surface area contributed by atoms with Crippen LogP contribution in [-0.2, 0) is 19.5 Å². The molecule has 0 radical (unpaired) electrons. The first kappa shape index (κ1) is 22.3. The Morgan fingerprint density at radius 2 is 1.66 bits per heavy atom. The van der Waals surface area contributed by atoms with Crippen molar-refractivity contribution in [1.29, 1.82) is 0 Å². The van der Waals surface area contributed by atoms with E-state index in [0.29, 0.717) is 31.2 Å². The number of carbonyl (C=O) groups excluding carboxylic acids is 2. The predicted octanol–water partition coefficient (Wildman–Crippen LogP) is 3.48. The zero-order chi connectivity index (χ0) is 22.6. The maximum Gasteiger partial charge on any atom is 0.349 e. The second-order valence-electron chi connectivity index (χ2n) is 7.07. The number of ketones is 1. The molecular formula is C23H21NO6S2. The normalized spacial score (nSPS) is 14.8. The zero-order valence-electron chi connectivity index (χ0n) is 17.1. The monoisotopic (exact) mass is 471 g/mol. The van der Waals surface area contributed by atoms with Gasteiger partial charge in [0.05, 0.1) is 18.1 Å². The van der Waals surface area contributed by atoms with E-state index in [1.165, 1.54) is 39.9 Å². The van der Waals surface area contributed by atoms with Gasteiger partial charge >= 0.3 is 5.97 Å². The Labute approximate surface area is 190 Å². The Bertz CT molecular complexity index is 1200. The number of rotatable bonds is 7. The van der Waals surface area contributed by atoms with E-state index in [1.54, 1.807) is 5.38 Å². The molecule has 0 N–H and O–H groups in total. The Kier molecular flexibility index (Phi) is 6.80. The van der Waals surface area contributed by atoms with Crippen LogP contribution in [0.15, 0.2) is 70.9 Å². The van der Waals surface area contributed by atoms with Gasteiger partial charge in [-0.25, -0.2) is 13.2 Å². The predicted molar refractivity (Wildman–Crippen MR) is 120 cm³/mol. The summed E-state index contributed by atoms with van der Waals surface area (Å²) in [6.45, 7) is 0.884. The average molecular weight is 472 g/mol. The van der Waals surface area contributed by atoms with E-state index in [1.807, 2.05) is 36.4 Å². The zero-order valence-corrected chi connectivity index (χ0v) is 18.7. The van der Waals surface area contributed by atoms with E-state index in [2.05, 4.69) is 0 Å². The van der Waals surface area contributed by atoms with Crippen LogP contribution in [0, 0.1) is 0 Å². The second kappa shape index (κ2) is 9.74. The summed E-state index contributed by atoms with van der Waals surface area (Å²) in [6, 6.07) is 17.0. The van der Waals surface area contributed by atoms with Crippen LogP contribution in [-0.4, -0.2) is 57.4 Å². The molecule has 0 amide bonds. The fourth-order valence-electron chi connectivity index (χ4n) is 3.34. The quantitative estimate of drug-likeness (QED) is 0.387. The highest BCUT2D eigenvalue weighted by Crippen LogP contribution is 2.28. The van der Waals surface area contributed by atoms with E-state index in [-0.39, 0.29) is 10.5 Å². The summed E-state index contributed by atoms with van der Waals surface area (Å²) in [5, 5.41) is 1.80. The molecule has 0 unspecified atom stereocenters. The van der Waals surface area contributed by atoms with Crippen molar-refractivity contribution in [3.8, 4) is 11.1 Å². The van der Waals surface area contributed by atoms with Gasteiger partial charge in [-0.3, -0.25) is 4.79 Å². The molecule has 1 aromatic heterocycles. The minimum Gasteiger partial charge on any atom is -0.453 e. The number of sulfonamides is 1. The van der Waals surface area contributed by atoms with Gasteiger partial charge in [0.25, 0.3) is 0 Å². The third kappa shape index (κ3) is 4.81. The van der Waals surface area contributed by atoms with Crippen molar-refractivity contribution in [3.63, 3.8) is 0 Å². The van der Waals surface area contributed by atoms with Crippen LogP contribution in [0.2, 0.25) is 0 Å². The highest BCUT2D eigenvalue weighted by Gasteiger charge is 2.26. The number of ether oxygens (including phenoxy) is 2. The summed E-state index contributed by atoms with van der Waals surface area (Å²) < 4.78 is 37.2. The lowest BCUT2D eigenvalue weighted by Gasteiger charge is -2.26. The van der Waals surface area contributed by atoms with E-state index < -0.39 is 28.4 Å². The lowest BCUT2D eigenvalue weighted by molar-refractivity contribution is 0.0480. The number of hydrogen-bond donors (Lipinski definition) is 0. The molecule has 32 heavy (non-hydrogen) atoms. The molecular weight excluding hydrogens is 450 g/mol. The topological polar surface area (TPSA) is 90.0 Å². The van der Waals surface area contributed by atoms with Gasteiger partial charge in [-0.2, -0.15) is 4.31 Å². The number of thiophene rings is 1. The van der Waals surface area contributed by atoms with Gasteiger partial charge in [-0.05, 0) is 41.3 Å². The van der Waals surface area contributed by atoms with E-state index in [4.69, 9.17) is 9.47 Å². The van der Waals surface area contributed by atoms with E-state index >= 15 is 0 Å². The summed E-state index contributed by atoms with van der Waals surface area (Å²) in [5.74, 6) is -0.981. The van der Waals surface area contributed by atoms with Crippen LogP contribution in [0.5, 0.6) is 0 Å². The van der Waals surface area contributed by atoms with Crippen LogP contribution >= 0.6 is 11.3 Å². The van der Waals surface area contributed by atoms with Crippen LogP contribution in [0.4, 0.5) is 0 Å². The number of nitrogens with zero attached hydrogens (tertiary/aromatic N) is 1. The molecule has 1 aliphatic rings. The van der Waals surface area contributed by atoms with Gasteiger partial charge in [0.15, 0.2) is 12.4 Å². The number of morpholine rings is 1. The molecule has 3 aromatic rings. The van der Waals surface area contributed by atoms with E-state index in [9.17, 15) is 18.0 Å². The van der Waals surface area contributed by atoms with Crippen LogP contribution in [0.3, 0.4) is 0 Å². The molecule has 4 rings (SSSR count). The summed E-state index contributed by atoms with van der Waals surface area (Å²) in [7, 11) is -3.63. The van der Waals surface area contributed by atoms with Crippen molar-refractivity contribution in [3.05, 3.63) is 76.5 Å². The third-order valence-electron chi connectivity index (χ3n) is 5.05. The fraction of sp³-hybridized carbons (Fsp3) is 0.217. The van der Waals surface area contributed by atoms with E-state index in [0.717, 1.165) is 11.1 Å². The summed E-state index contributed by atoms with van der Waals surface area (Å²) >= 11 is 1.25. The summed E-state index contributed by atoms with van der Waals surface area (Å²) in [5.41, 5.74) is 1.92. The summed E-state index contributed by atoms with van der Waals surface area (Å²) in [6.07, 6.45) is 0. The molecule has 0 atom stereocenters. The van der Waals surface area contributed by atoms with Crippen LogP contribution in [0.25, 0.3) is 11.1 Å². The van der Waals surface area contributed by atoms with Crippen molar-refractivity contribution >= 4 is 33.1 Å². The molecule has 0 saturated carbocycles. The van der Waals surface area contributed by atoms with Gasteiger partial charge in [0.1, 0.15) is 4.88 Å². The lowest BCUT2D eigenvalue weighted by Crippen LogP contribution is -2.40. The Morgan fingerprint density at radius 1 is 0.969 bits per heavy atom. The smallest absolute Gasteiger partial charge is 0.349 e. The molecule has 0 spiro atoms. The van der Waals surface area contributed by atoms with Crippen molar-refractivity contribution in [2.24, 2.45) is 0 Å². The Balaban J connectivity index is 1.40. The molecule has 2 heterocycles. The number of esters is 1. The molecule has 0 bridgehead atoms. The minimum atomic E-state index is -3.63. The fourth-order valence-corrected chi connectivity index (χ4v) is 5.56. The number of carbonyl (C=O) groups is 2. The molecule has 9 heteroatoms. The lowest BCUT2D eigenvalue weighted by atomic mass is 10.1. The van der Waals surface area contributed by atoms with Crippen molar-refractivity contribution < 1.29 is 27.5 Å². The standard InChI is InChI=1S/C23H21NO6S2/c25-21(16-30-23(26)22-20(10-15-31-22)17-4-2-1-3-5-17)18-6-8-19(9-7-18)32(27,28)24-11-13-29-14-12-24/h1-10,15H,11-14,16H2. The number of benzene rings is 2. The molecule has 1 aliphatic heterocycles. The first-order valence-electron chi connectivity index (χ1n) is 9.98. The van der Waals surface area contributed by atoms with Crippen molar-refractivity contribution in [1.82, 2.24) is 4.31 Å². The maximum atomic E-state index is 12.7. The van der Waals surface area contributed by atoms with Gasteiger partial charge in [-0.1, -0.05) is 30.3 Å². The second-order valence-corrected chi connectivity index (χ2v) is 9.92. The van der Waals surface area contributed by atoms with Crippen molar-refractivity contribution in [2.75, 3.05) is 32.9 Å². The first-order valence-corrected chi connectivity index (χ1v) is 12.3. The SMILES string of the molecule is O=C(COC(=O)c1sccc1-c1ccccc1)c1ccc(S(=O)(=O)N2CCOCC2)cc1. The summed E-state index contributed by atoms with van der Waals surface area (Å²) in [4.78, 5) is 25.6. The number of Topliss-reactive ketones (excluding diaryl/α,β-unsaturated/α-hetero) is 1. The highest BCUT2D eigenvalue weighted by atomic mass is 32.2. The van der Waals surface area contributed by atoms with Gasteiger partial charge in [0, 0.05) is 24.2 Å². The number of hydrogen-bond acceptors (Lipinski definition) is 7. The highest BCUT2D eigenvalue weighted by molar-refractivity contribution is 7.89. The molecule has 1 fully saturated rings. The third-order valence-corrected chi connectivity index (χ3v) is 7.86. The van der Waals surface area contributed by atoms with Crippen LogP contribution < -0.4 is 0 Å². The van der Waals surface area contributed by atoms with Gasteiger partial charge in [0.2, 0.25) is 10.0 Å². The van der Waals surface area contributed by atoms with Crippen molar-refractivity contribution in [2.45, 2.75) is 4.90 Å². The molecule has 2 aromatic carbocycles. The van der Waals surface area contributed by atoms with Crippen LogP contribution in [0.1, 0.15) is 20.0 Å². The largest absolute Gasteiger partial charge is 0.453 e. The minimum absolute atomic E-state index is 0.110.